The first-order valence-electron chi connectivity index (χ1n) is 15.2. The molecule has 2 saturated heterocycles. The van der Waals surface area contributed by atoms with E-state index in [0.29, 0.717) is 70.9 Å². The molecule has 0 radical (unpaired) electrons. The van der Waals surface area contributed by atoms with Gasteiger partial charge in [-0.15, -0.1) is 0 Å². The highest BCUT2D eigenvalue weighted by atomic mass is 19.2. The Hall–Kier alpha value is -3.49. The highest BCUT2D eigenvalue weighted by Crippen LogP contribution is 2.40. The number of pyridine rings is 1. The molecule has 3 heterocycles. The van der Waals surface area contributed by atoms with E-state index in [1.807, 2.05) is 23.7 Å². The Morgan fingerprint density at radius 3 is 2.47 bits per heavy atom. The van der Waals surface area contributed by atoms with Crippen LogP contribution in [0.4, 0.5) is 18.9 Å². The minimum absolute atomic E-state index is 0.139. The molecule has 0 aliphatic carbocycles. The second-order valence-electron chi connectivity index (χ2n) is 11.8. The second kappa shape index (κ2) is 14.7. The number of anilines is 1. The topological polar surface area (TPSA) is 119 Å². The normalized spacial score (nSPS) is 18.1. The zero-order chi connectivity index (χ0) is 32.0. The molecule has 2 fully saturated rings. The van der Waals surface area contributed by atoms with Gasteiger partial charge >= 0.3 is 0 Å². The number of carbonyl (C=O) groups is 1. The minimum atomic E-state index is -1.51. The third kappa shape index (κ3) is 7.67. The van der Waals surface area contributed by atoms with Crippen molar-refractivity contribution in [3.05, 3.63) is 65.1 Å². The van der Waals surface area contributed by atoms with Gasteiger partial charge in [-0.05, 0) is 68.1 Å². The minimum Gasteiger partial charge on any atom is -0.497 e. The molecule has 10 nitrogen and oxygen atoms in total. The van der Waals surface area contributed by atoms with Gasteiger partial charge in [0.1, 0.15) is 5.75 Å². The summed E-state index contributed by atoms with van der Waals surface area (Å²) in [5.41, 5.74) is 3.47. The van der Waals surface area contributed by atoms with Crippen LogP contribution in [0.15, 0.2) is 36.5 Å². The SMILES string of the molecule is COc1ccc2ncc(CN3CCOCC3)c([C@H](O)CCC3(C(=O)NO)CCN(CCNc4cc(F)c(F)c(F)c4)CC3)c2c1. The number of morpholine rings is 1. The van der Waals surface area contributed by atoms with E-state index >= 15 is 0 Å². The molecule has 0 saturated carbocycles. The van der Waals surface area contributed by atoms with E-state index < -0.39 is 34.9 Å². The van der Waals surface area contributed by atoms with Crippen molar-refractivity contribution >= 4 is 22.5 Å². The van der Waals surface area contributed by atoms with E-state index in [4.69, 9.17) is 9.47 Å². The molecule has 13 heteroatoms. The monoisotopic (exact) mass is 631 g/mol. The average molecular weight is 632 g/mol. The van der Waals surface area contributed by atoms with E-state index in [1.54, 1.807) is 13.3 Å². The number of amides is 1. The Balaban J connectivity index is 1.27. The van der Waals surface area contributed by atoms with Crippen LogP contribution in [0, 0.1) is 22.9 Å². The number of benzene rings is 2. The summed E-state index contributed by atoms with van der Waals surface area (Å²) in [4.78, 5) is 22.1. The molecule has 244 valence electrons. The largest absolute Gasteiger partial charge is 0.497 e. The van der Waals surface area contributed by atoms with Crippen LogP contribution in [0.25, 0.3) is 10.9 Å². The Morgan fingerprint density at radius 1 is 1.09 bits per heavy atom. The molecule has 1 amide bonds. The van der Waals surface area contributed by atoms with Crippen LogP contribution < -0.4 is 15.5 Å². The van der Waals surface area contributed by atoms with Gasteiger partial charge < -0.3 is 24.8 Å². The number of rotatable bonds is 12. The Bertz CT molecular complexity index is 1460. The molecule has 45 heavy (non-hydrogen) atoms. The molecule has 2 aromatic carbocycles. The number of hydrogen-bond acceptors (Lipinski definition) is 9. The third-order valence-electron chi connectivity index (χ3n) is 9.06. The van der Waals surface area contributed by atoms with Crippen LogP contribution in [0.1, 0.15) is 42.9 Å². The molecular weight excluding hydrogens is 591 g/mol. The van der Waals surface area contributed by atoms with Crippen molar-refractivity contribution in [2.75, 3.05) is 64.9 Å². The van der Waals surface area contributed by atoms with Crippen LogP contribution in [0.2, 0.25) is 0 Å². The van der Waals surface area contributed by atoms with Crippen LogP contribution in [-0.4, -0.2) is 90.6 Å². The standard InChI is InChI=1S/C32H40F3N5O5/c1-44-23-2-3-27-24(18-23)29(21(19-37-27)20-40-12-14-45-15-13-40)28(41)4-5-32(31(42)38-43)6-9-39(10-7-32)11-8-36-22-16-25(33)30(35)26(34)17-22/h2-3,16-19,28,36,41,43H,4-15,20H2,1H3,(H,38,42)/t28-/m1/s1. The summed E-state index contributed by atoms with van der Waals surface area (Å²) in [7, 11) is 1.59. The summed E-state index contributed by atoms with van der Waals surface area (Å²) < 4.78 is 51.3. The first kappa shape index (κ1) is 32.9. The van der Waals surface area contributed by atoms with Gasteiger partial charge in [0.25, 0.3) is 0 Å². The second-order valence-corrected chi connectivity index (χ2v) is 11.8. The van der Waals surface area contributed by atoms with Crippen LogP contribution in [0.5, 0.6) is 5.75 Å². The zero-order valence-corrected chi connectivity index (χ0v) is 25.3. The lowest BCUT2D eigenvalue weighted by Crippen LogP contribution is -2.49. The van der Waals surface area contributed by atoms with Gasteiger partial charge in [0.05, 0.1) is 37.4 Å². The van der Waals surface area contributed by atoms with Gasteiger partial charge in [-0.2, -0.15) is 0 Å². The number of aliphatic hydroxyl groups excluding tert-OH is 1. The molecule has 0 spiro atoms. The number of likely N-dealkylation sites (tertiary alicyclic amines) is 1. The number of fused-ring (bicyclic) bond motifs is 1. The Morgan fingerprint density at radius 2 is 1.80 bits per heavy atom. The molecule has 4 N–H and O–H groups in total. The summed E-state index contributed by atoms with van der Waals surface area (Å²) in [6, 6.07) is 7.38. The lowest BCUT2D eigenvalue weighted by Gasteiger charge is -2.40. The number of ether oxygens (including phenoxy) is 2. The van der Waals surface area contributed by atoms with E-state index in [2.05, 4.69) is 20.1 Å². The molecule has 0 bridgehead atoms. The summed E-state index contributed by atoms with van der Waals surface area (Å²) in [5, 5.41) is 25.1. The van der Waals surface area contributed by atoms with E-state index in [-0.39, 0.29) is 12.1 Å². The van der Waals surface area contributed by atoms with Gasteiger partial charge in [-0.25, -0.2) is 18.7 Å². The van der Waals surface area contributed by atoms with E-state index in [9.17, 15) is 28.3 Å². The fourth-order valence-corrected chi connectivity index (χ4v) is 6.37. The highest BCUT2D eigenvalue weighted by molar-refractivity contribution is 5.85. The molecule has 2 aliphatic rings. The number of nitrogens with zero attached hydrogens (tertiary/aromatic N) is 3. The van der Waals surface area contributed by atoms with Gasteiger partial charge in [-0.1, -0.05) is 0 Å². The number of aromatic nitrogens is 1. The fraction of sp³-hybridized carbons (Fsp3) is 0.500. The first-order chi connectivity index (χ1) is 21.7. The van der Waals surface area contributed by atoms with Crippen molar-refractivity contribution < 1.29 is 37.8 Å². The summed E-state index contributed by atoms with van der Waals surface area (Å²) >= 11 is 0. The van der Waals surface area contributed by atoms with Gasteiger partial charge in [0.2, 0.25) is 5.91 Å². The maximum absolute atomic E-state index is 13.5. The molecule has 5 rings (SSSR count). The molecular formula is C32H40F3N5O5. The molecule has 2 aliphatic heterocycles. The zero-order valence-electron chi connectivity index (χ0n) is 25.3. The van der Waals surface area contributed by atoms with Gasteiger partial charge in [0.15, 0.2) is 17.5 Å². The average Bonchev–Trinajstić information content (AvgIpc) is 3.06. The Labute approximate surface area is 260 Å². The van der Waals surface area contributed by atoms with Gasteiger partial charge in [0, 0.05) is 62.1 Å². The fourth-order valence-electron chi connectivity index (χ4n) is 6.37. The lowest BCUT2D eigenvalue weighted by molar-refractivity contribution is -0.143. The van der Waals surface area contributed by atoms with Crippen molar-refractivity contribution in [2.24, 2.45) is 5.41 Å². The number of carbonyl (C=O) groups excluding carboxylic acids is 1. The predicted octanol–water partition coefficient (Wildman–Crippen LogP) is 4.01. The van der Waals surface area contributed by atoms with Crippen molar-refractivity contribution in [1.29, 1.82) is 0 Å². The predicted molar refractivity (Wildman–Crippen MR) is 161 cm³/mol. The lowest BCUT2D eigenvalue weighted by atomic mass is 9.73. The molecule has 3 aromatic rings. The maximum atomic E-state index is 13.5. The van der Waals surface area contributed by atoms with E-state index in [1.165, 1.54) is 0 Å². The van der Waals surface area contributed by atoms with E-state index in [0.717, 1.165) is 47.3 Å². The number of hydrogen-bond donors (Lipinski definition) is 4. The van der Waals surface area contributed by atoms with Crippen molar-refractivity contribution in [1.82, 2.24) is 20.3 Å². The number of halogens is 3. The number of nitrogens with one attached hydrogen (secondary N) is 2. The highest BCUT2D eigenvalue weighted by Gasteiger charge is 2.41. The number of aliphatic hydroxyl groups is 1. The number of piperidine rings is 1. The number of hydroxylamine groups is 1. The first-order valence-corrected chi connectivity index (χ1v) is 15.2. The summed E-state index contributed by atoms with van der Waals surface area (Å²) in [6.45, 7) is 5.37. The van der Waals surface area contributed by atoms with Crippen LogP contribution in [-0.2, 0) is 16.1 Å². The molecule has 1 atom stereocenters. The summed E-state index contributed by atoms with van der Waals surface area (Å²) in [6.07, 6.45) is 2.41. The quantitative estimate of drug-likeness (QED) is 0.134. The maximum Gasteiger partial charge on any atom is 0.249 e. The van der Waals surface area contributed by atoms with Gasteiger partial charge in [-0.3, -0.25) is 19.9 Å². The molecule has 0 unspecified atom stereocenters. The van der Waals surface area contributed by atoms with Crippen molar-refractivity contribution in [3.63, 3.8) is 0 Å². The Kier molecular flexibility index (Phi) is 10.8. The molecule has 1 aromatic heterocycles. The number of methoxy groups -OCH3 is 1. The van der Waals surface area contributed by atoms with Crippen LogP contribution in [0.3, 0.4) is 0 Å². The third-order valence-corrected chi connectivity index (χ3v) is 9.06. The van der Waals surface area contributed by atoms with Crippen molar-refractivity contribution in [2.45, 2.75) is 38.3 Å². The smallest absolute Gasteiger partial charge is 0.249 e. The van der Waals surface area contributed by atoms with Crippen molar-refractivity contribution in [3.8, 4) is 5.75 Å². The van der Waals surface area contributed by atoms with Crippen LogP contribution >= 0.6 is 0 Å². The summed E-state index contributed by atoms with van der Waals surface area (Å²) in [5.74, 6) is -3.87.